The summed E-state index contributed by atoms with van der Waals surface area (Å²) in [5, 5.41) is 5.21. The van der Waals surface area contributed by atoms with Gasteiger partial charge in [0.25, 0.3) is 0 Å². The highest BCUT2D eigenvalue weighted by Gasteiger charge is 2.20. The summed E-state index contributed by atoms with van der Waals surface area (Å²) < 4.78 is 25.7. The first-order valence-corrected chi connectivity index (χ1v) is 9.52. The van der Waals surface area contributed by atoms with Crippen molar-refractivity contribution < 1.29 is 18.7 Å². The molecule has 0 amide bonds. The number of carbonyl (C=O) groups is 1. The van der Waals surface area contributed by atoms with Crippen LogP contribution in [0.1, 0.15) is 15.9 Å². The van der Waals surface area contributed by atoms with E-state index in [2.05, 4.69) is 10.1 Å². The highest BCUT2D eigenvalue weighted by Crippen LogP contribution is 2.30. The van der Waals surface area contributed by atoms with Crippen molar-refractivity contribution in [1.29, 1.82) is 0 Å². The van der Waals surface area contributed by atoms with Crippen LogP contribution >= 0.6 is 23.2 Å². The maximum absolute atomic E-state index is 13.2. The summed E-state index contributed by atoms with van der Waals surface area (Å²) in [4.78, 5) is 16.5. The lowest BCUT2D eigenvalue weighted by atomic mass is 10.2. The first-order chi connectivity index (χ1) is 14.4. The van der Waals surface area contributed by atoms with Gasteiger partial charge in [-0.2, -0.15) is 0 Å². The Morgan fingerprint density at radius 3 is 2.63 bits per heavy atom. The number of pyridine rings is 1. The van der Waals surface area contributed by atoms with Gasteiger partial charge in [0.1, 0.15) is 16.7 Å². The molecule has 0 saturated carbocycles. The molecule has 0 aliphatic rings. The first kappa shape index (κ1) is 20.1. The molecular weight excluding hydrogens is 432 g/mol. The predicted molar refractivity (Wildman–Crippen MR) is 111 cm³/mol. The fraction of sp³-hybridized carbons (Fsp3) is 0.0952. The van der Waals surface area contributed by atoms with Crippen LogP contribution in [0.15, 0.2) is 54.7 Å². The van der Waals surface area contributed by atoms with E-state index in [0.29, 0.717) is 23.2 Å². The minimum Gasteiger partial charge on any atom is -0.497 e. The smallest absolute Gasteiger partial charge is 0.348 e. The van der Waals surface area contributed by atoms with Crippen molar-refractivity contribution in [3.63, 3.8) is 0 Å². The molecule has 0 aliphatic carbocycles. The Kier molecular flexibility index (Phi) is 5.57. The van der Waals surface area contributed by atoms with Gasteiger partial charge in [-0.15, -0.1) is 5.10 Å². The van der Waals surface area contributed by atoms with Crippen molar-refractivity contribution in [3.05, 3.63) is 81.8 Å². The number of hydrogen-bond donors (Lipinski definition) is 0. The maximum Gasteiger partial charge on any atom is 0.348 e. The zero-order valence-electron chi connectivity index (χ0n) is 15.6. The lowest BCUT2D eigenvalue weighted by Gasteiger charge is -2.04. The average Bonchev–Trinajstić information content (AvgIpc) is 3.07. The molecule has 9 heteroatoms. The van der Waals surface area contributed by atoms with Gasteiger partial charge in [-0.1, -0.05) is 35.3 Å². The molecule has 0 fully saturated rings. The molecule has 2 heterocycles. The molecule has 0 bridgehead atoms. The van der Waals surface area contributed by atoms with Gasteiger partial charge in [0, 0.05) is 6.20 Å². The summed E-state index contributed by atoms with van der Waals surface area (Å²) in [5.74, 6) is -0.419. The number of carbonyl (C=O) groups excluding carboxylic acids is 1. The van der Waals surface area contributed by atoms with Crippen LogP contribution in [0.3, 0.4) is 0 Å². The van der Waals surface area contributed by atoms with E-state index in [1.165, 1.54) is 31.5 Å². The zero-order chi connectivity index (χ0) is 21.3. The molecule has 0 saturated heterocycles. The minimum atomic E-state index is -0.744. The van der Waals surface area contributed by atoms with Gasteiger partial charge in [-0.3, -0.25) is 4.68 Å². The minimum absolute atomic E-state index is 0.0216. The topological polar surface area (TPSA) is 66.2 Å². The highest BCUT2D eigenvalue weighted by molar-refractivity contribution is 6.34. The van der Waals surface area contributed by atoms with Gasteiger partial charge < -0.3 is 9.47 Å². The van der Waals surface area contributed by atoms with Crippen LogP contribution in [0, 0.1) is 5.82 Å². The number of benzene rings is 2. The van der Waals surface area contributed by atoms with Crippen LogP contribution in [0.25, 0.3) is 10.9 Å². The monoisotopic (exact) mass is 445 g/mol. The number of halogens is 3. The fourth-order valence-corrected chi connectivity index (χ4v) is 3.26. The molecule has 2 aromatic carbocycles. The Labute approximate surface area is 180 Å². The van der Waals surface area contributed by atoms with E-state index in [1.807, 2.05) is 0 Å². The second-order valence-electron chi connectivity index (χ2n) is 6.35. The molecule has 0 atom stereocenters. The Bertz CT molecular complexity index is 1240. The summed E-state index contributed by atoms with van der Waals surface area (Å²) in [6.45, 7) is 0.347. The number of ether oxygens (including phenoxy) is 2. The lowest BCUT2D eigenvalue weighted by molar-refractivity contribution is 0.0728. The summed E-state index contributed by atoms with van der Waals surface area (Å²) in [7, 11) is 1.53. The SMILES string of the molecule is COc1ccc2c(c1)c(OC(=O)c1cc(Cl)cnc1Cl)nn2Cc1ccc(F)cc1. The van der Waals surface area contributed by atoms with Gasteiger partial charge >= 0.3 is 5.97 Å². The summed E-state index contributed by atoms with van der Waals surface area (Å²) in [6.07, 6.45) is 1.33. The number of esters is 1. The third kappa shape index (κ3) is 4.08. The van der Waals surface area contributed by atoms with Crippen LogP contribution in [0.4, 0.5) is 4.39 Å². The van der Waals surface area contributed by atoms with E-state index in [-0.39, 0.29) is 27.4 Å². The zero-order valence-corrected chi connectivity index (χ0v) is 17.1. The van der Waals surface area contributed by atoms with E-state index >= 15 is 0 Å². The van der Waals surface area contributed by atoms with E-state index in [1.54, 1.807) is 35.0 Å². The van der Waals surface area contributed by atoms with Gasteiger partial charge in [-0.25, -0.2) is 14.2 Å². The fourth-order valence-electron chi connectivity index (χ4n) is 2.92. The Morgan fingerprint density at radius 1 is 1.13 bits per heavy atom. The average molecular weight is 446 g/mol. The molecule has 0 aliphatic heterocycles. The van der Waals surface area contributed by atoms with Crippen molar-refractivity contribution in [2.45, 2.75) is 6.54 Å². The van der Waals surface area contributed by atoms with Crippen molar-refractivity contribution in [3.8, 4) is 11.6 Å². The number of fused-ring (bicyclic) bond motifs is 1. The lowest BCUT2D eigenvalue weighted by Crippen LogP contribution is -2.11. The van der Waals surface area contributed by atoms with Gasteiger partial charge in [0.05, 0.1) is 35.1 Å². The molecule has 152 valence electrons. The van der Waals surface area contributed by atoms with Crippen molar-refractivity contribution in [2.75, 3.05) is 7.11 Å². The molecule has 6 nitrogen and oxygen atoms in total. The molecular formula is C21H14Cl2FN3O3. The van der Waals surface area contributed by atoms with E-state index < -0.39 is 5.97 Å². The second-order valence-corrected chi connectivity index (χ2v) is 7.15. The third-order valence-corrected chi connectivity index (χ3v) is 4.89. The molecule has 0 unspecified atom stereocenters. The normalized spacial score (nSPS) is 10.9. The third-order valence-electron chi connectivity index (χ3n) is 4.38. The quantitative estimate of drug-likeness (QED) is 0.313. The van der Waals surface area contributed by atoms with Crippen molar-refractivity contribution in [1.82, 2.24) is 14.8 Å². The number of nitrogens with zero attached hydrogens (tertiary/aromatic N) is 3. The highest BCUT2D eigenvalue weighted by atomic mass is 35.5. The Balaban J connectivity index is 1.73. The Morgan fingerprint density at radius 2 is 1.90 bits per heavy atom. The number of aromatic nitrogens is 3. The van der Waals surface area contributed by atoms with E-state index in [9.17, 15) is 9.18 Å². The molecule has 30 heavy (non-hydrogen) atoms. The molecule has 0 N–H and O–H groups in total. The molecule has 4 rings (SSSR count). The summed E-state index contributed by atoms with van der Waals surface area (Å²) >= 11 is 11.9. The van der Waals surface area contributed by atoms with Gasteiger partial charge in [0.2, 0.25) is 5.88 Å². The summed E-state index contributed by atoms with van der Waals surface area (Å²) in [5.41, 5.74) is 1.56. The molecule has 0 spiro atoms. The molecule has 2 aromatic heterocycles. The second kappa shape index (κ2) is 8.30. The molecule has 4 aromatic rings. The van der Waals surface area contributed by atoms with Gasteiger partial charge in [0.15, 0.2) is 0 Å². The first-order valence-electron chi connectivity index (χ1n) is 8.77. The Hall–Kier alpha value is -3.16. The number of methoxy groups -OCH3 is 1. The van der Waals surface area contributed by atoms with E-state index in [0.717, 1.165) is 5.56 Å². The van der Waals surface area contributed by atoms with Crippen LogP contribution in [0.5, 0.6) is 11.6 Å². The van der Waals surface area contributed by atoms with Crippen LogP contribution in [-0.2, 0) is 6.54 Å². The van der Waals surface area contributed by atoms with Crippen LogP contribution in [-0.4, -0.2) is 27.8 Å². The standard InChI is InChI=1S/C21H14Cl2FN3O3/c1-29-15-6-7-18-16(9-15)20(26-27(18)11-12-2-4-14(24)5-3-12)30-21(28)17-8-13(22)10-25-19(17)23/h2-10H,11H2,1H3. The van der Waals surface area contributed by atoms with Crippen molar-refractivity contribution >= 4 is 40.1 Å². The number of rotatable bonds is 5. The van der Waals surface area contributed by atoms with Crippen LogP contribution in [0.2, 0.25) is 10.2 Å². The van der Waals surface area contributed by atoms with Gasteiger partial charge in [-0.05, 0) is 42.0 Å². The predicted octanol–water partition coefficient (Wildman–Crippen LogP) is 5.15. The van der Waals surface area contributed by atoms with E-state index in [4.69, 9.17) is 32.7 Å². The van der Waals surface area contributed by atoms with Crippen LogP contribution < -0.4 is 9.47 Å². The van der Waals surface area contributed by atoms with Crippen molar-refractivity contribution in [2.24, 2.45) is 0 Å². The molecule has 0 radical (unpaired) electrons. The largest absolute Gasteiger partial charge is 0.497 e. The maximum atomic E-state index is 13.2. The number of hydrogen-bond acceptors (Lipinski definition) is 5. The summed E-state index contributed by atoms with van der Waals surface area (Å²) in [6, 6.07) is 12.7.